The van der Waals surface area contributed by atoms with Crippen LogP contribution in [0.25, 0.3) is 0 Å². The van der Waals surface area contributed by atoms with Gasteiger partial charge in [-0.25, -0.2) is 0 Å². The fourth-order valence-corrected chi connectivity index (χ4v) is 3.21. The van der Waals surface area contributed by atoms with Crippen molar-refractivity contribution in [3.05, 3.63) is 64.1 Å². The van der Waals surface area contributed by atoms with Crippen molar-refractivity contribution in [2.24, 2.45) is 0 Å². The maximum Gasteiger partial charge on any atom is 0.0393 e. The molecule has 1 unspecified atom stereocenters. The van der Waals surface area contributed by atoms with E-state index in [-0.39, 0.29) is 0 Å². The lowest BCUT2D eigenvalue weighted by Crippen LogP contribution is -2.25. The molecule has 0 aliphatic carbocycles. The summed E-state index contributed by atoms with van der Waals surface area (Å²) in [5.74, 6) is 0. The van der Waals surface area contributed by atoms with Crippen LogP contribution in [0, 0.1) is 6.92 Å². The van der Waals surface area contributed by atoms with Crippen LogP contribution in [-0.2, 0) is 0 Å². The van der Waals surface area contributed by atoms with Crippen molar-refractivity contribution < 1.29 is 0 Å². The van der Waals surface area contributed by atoms with Crippen molar-refractivity contribution in [1.29, 1.82) is 0 Å². The van der Waals surface area contributed by atoms with Crippen LogP contribution in [0.1, 0.15) is 23.6 Å². The minimum atomic E-state index is 0.354. The molecule has 0 aliphatic rings. The highest BCUT2D eigenvalue weighted by molar-refractivity contribution is 9.10. The first-order valence-corrected chi connectivity index (χ1v) is 8.11. The third-order valence-corrected chi connectivity index (χ3v) is 4.63. The average molecular weight is 347 g/mol. The van der Waals surface area contributed by atoms with Gasteiger partial charge in [0.25, 0.3) is 0 Å². The van der Waals surface area contributed by atoms with E-state index in [1.807, 2.05) is 7.05 Å². The first kappa shape index (κ1) is 16.1. The summed E-state index contributed by atoms with van der Waals surface area (Å²) >= 11 is 3.65. The lowest BCUT2D eigenvalue weighted by Gasteiger charge is -2.25. The molecule has 0 saturated carbocycles. The third-order valence-electron chi connectivity index (χ3n) is 3.91. The molecule has 2 rings (SSSR count). The number of nitrogens with one attached hydrogen (secondary N) is 1. The largest absolute Gasteiger partial charge is 0.374 e. The molecule has 1 atom stereocenters. The summed E-state index contributed by atoms with van der Waals surface area (Å²) < 4.78 is 1.17. The fourth-order valence-electron chi connectivity index (χ4n) is 2.65. The van der Waals surface area contributed by atoms with Gasteiger partial charge < -0.3 is 10.2 Å². The molecular formula is C18H23BrN2. The normalized spacial score (nSPS) is 12.2. The molecule has 0 radical (unpaired) electrons. The molecule has 1 N–H and O–H groups in total. The predicted octanol–water partition coefficient (Wildman–Crippen LogP) is 4.54. The van der Waals surface area contributed by atoms with Crippen LogP contribution in [-0.4, -0.2) is 20.6 Å². The van der Waals surface area contributed by atoms with Gasteiger partial charge in [-0.2, -0.15) is 0 Å². The molecule has 2 aromatic rings. The van der Waals surface area contributed by atoms with E-state index < -0.39 is 0 Å². The Morgan fingerprint density at radius 1 is 1.10 bits per heavy atom. The monoisotopic (exact) mass is 346 g/mol. The molecule has 0 spiro atoms. The molecule has 0 bridgehead atoms. The lowest BCUT2D eigenvalue weighted by molar-refractivity contribution is 0.547. The first-order valence-electron chi connectivity index (χ1n) is 7.32. The Kier molecular flexibility index (Phi) is 5.83. The van der Waals surface area contributed by atoms with Gasteiger partial charge >= 0.3 is 0 Å². The standard InChI is InChI=1S/C18H23BrN2/c1-14-8-4-7-11-18(14)21(3)13-12-17(20-2)15-9-5-6-10-16(15)19/h4-11,17,20H,12-13H2,1-3H3. The Balaban J connectivity index is 2.04. The second-order valence-corrected chi connectivity index (χ2v) is 6.21. The summed E-state index contributed by atoms with van der Waals surface area (Å²) in [6.45, 7) is 3.17. The van der Waals surface area contributed by atoms with Crippen molar-refractivity contribution in [3.63, 3.8) is 0 Å². The molecule has 21 heavy (non-hydrogen) atoms. The summed E-state index contributed by atoms with van der Waals surface area (Å²) in [6.07, 6.45) is 1.06. The second kappa shape index (κ2) is 7.62. The van der Waals surface area contributed by atoms with Crippen LogP contribution in [0.5, 0.6) is 0 Å². The van der Waals surface area contributed by atoms with Gasteiger partial charge in [0.1, 0.15) is 0 Å². The summed E-state index contributed by atoms with van der Waals surface area (Å²) in [7, 11) is 4.19. The van der Waals surface area contributed by atoms with Gasteiger partial charge in [0.05, 0.1) is 0 Å². The van der Waals surface area contributed by atoms with E-state index in [0.29, 0.717) is 6.04 Å². The van der Waals surface area contributed by atoms with Gasteiger partial charge in [0.15, 0.2) is 0 Å². The van der Waals surface area contributed by atoms with Gasteiger partial charge in [-0.3, -0.25) is 0 Å². The van der Waals surface area contributed by atoms with Crippen molar-refractivity contribution in [2.75, 3.05) is 25.5 Å². The number of aryl methyl sites for hydroxylation is 1. The summed E-state index contributed by atoms with van der Waals surface area (Å²) in [6, 6.07) is 17.3. The van der Waals surface area contributed by atoms with Gasteiger partial charge in [-0.1, -0.05) is 52.3 Å². The van der Waals surface area contributed by atoms with Gasteiger partial charge in [-0.15, -0.1) is 0 Å². The number of nitrogens with zero attached hydrogens (tertiary/aromatic N) is 1. The van der Waals surface area contributed by atoms with Crippen molar-refractivity contribution >= 4 is 21.6 Å². The van der Waals surface area contributed by atoms with Crippen LogP contribution in [0.4, 0.5) is 5.69 Å². The zero-order valence-electron chi connectivity index (χ0n) is 12.9. The van der Waals surface area contributed by atoms with Crippen LogP contribution < -0.4 is 10.2 Å². The average Bonchev–Trinajstić information content (AvgIpc) is 2.49. The van der Waals surface area contributed by atoms with E-state index in [4.69, 9.17) is 0 Å². The molecule has 0 amide bonds. The Labute approximate surface area is 136 Å². The molecule has 0 fully saturated rings. The molecule has 112 valence electrons. The highest BCUT2D eigenvalue weighted by Gasteiger charge is 2.13. The van der Waals surface area contributed by atoms with E-state index in [2.05, 4.69) is 88.6 Å². The van der Waals surface area contributed by atoms with Crippen LogP contribution in [0.15, 0.2) is 53.0 Å². The van der Waals surface area contributed by atoms with Crippen LogP contribution in [0.3, 0.4) is 0 Å². The summed E-state index contributed by atoms with van der Waals surface area (Å²) in [5, 5.41) is 3.42. The number of hydrogen-bond acceptors (Lipinski definition) is 2. The van der Waals surface area contributed by atoms with E-state index >= 15 is 0 Å². The highest BCUT2D eigenvalue weighted by Crippen LogP contribution is 2.26. The number of para-hydroxylation sites is 1. The van der Waals surface area contributed by atoms with E-state index in [1.165, 1.54) is 21.3 Å². The van der Waals surface area contributed by atoms with Crippen molar-refractivity contribution in [1.82, 2.24) is 5.32 Å². The summed E-state index contributed by atoms with van der Waals surface area (Å²) in [4.78, 5) is 2.33. The minimum absolute atomic E-state index is 0.354. The number of hydrogen-bond donors (Lipinski definition) is 1. The molecule has 0 heterocycles. The van der Waals surface area contributed by atoms with Gasteiger partial charge in [0.2, 0.25) is 0 Å². The Bertz CT molecular complexity index is 583. The number of benzene rings is 2. The van der Waals surface area contributed by atoms with Crippen LogP contribution in [0.2, 0.25) is 0 Å². The Morgan fingerprint density at radius 3 is 2.43 bits per heavy atom. The molecule has 2 nitrogen and oxygen atoms in total. The topological polar surface area (TPSA) is 15.3 Å². The first-order chi connectivity index (χ1) is 10.1. The molecule has 3 heteroatoms. The van der Waals surface area contributed by atoms with Gasteiger partial charge in [-0.05, 0) is 43.7 Å². The van der Waals surface area contributed by atoms with E-state index in [1.54, 1.807) is 0 Å². The zero-order chi connectivity index (χ0) is 15.2. The molecular weight excluding hydrogens is 324 g/mol. The fraction of sp³-hybridized carbons (Fsp3) is 0.333. The molecule has 0 aliphatic heterocycles. The number of halogens is 1. The molecule has 0 aromatic heterocycles. The van der Waals surface area contributed by atoms with E-state index in [0.717, 1.165) is 13.0 Å². The molecule has 0 saturated heterocycles. The van der Waals surface area contributed by atoms with Crippen molar-refractivity contribution in [2.45, 2.75) is 19.4 Å². The Morgan fingerprint density at radius 2 is 1.76 bits per heavy atom. The third kappa shape index (κ3) is 4.08. The smallest absolute Gasteiger partial charge is 0.0393 e. The highest BCUT2D eigenvalue weighted by atomic mass is 79.9. The number of anilines is 1. The summed E-state index contributed by atoms with van der Waals surface area (Å²) in [5.41, 5.74) is 3.94. The van der Waals surface area contributed by atoms with Crippen molar-refractivity contribution in [3.8, 4) is 0 Å². The SMILES string of the molecule is CNC(CCN(C)c1ccccc1C)c1ccccc1Br. The van der Waals surface area contributed by atoms with E-state index in [9.17, 15) is 0 Å². The van der Waals surface area contributed by atoms with Crippen LogP contribution >= 0.6 is 15.9 Å². The number of rotatable bonds is 6. The predicted molar refractivity (Wildman–Crippen MR) is 95.0 cm³/mol. The maximum absolute atomic E-state index is 3.65. The quantitative estimate of drug-likeness (QED) is 0.825. The maximum atomic E-state index is 3.65. The Hall–Kier alpha value is -1.32. The van der Waals surface area contributed by atoms with Gasteiger partial charge in [0, 0.05) is 29.8 Å². The molecule has 2 aromatic carbocycles. The minimum Gasteiger partial charge on any atom is -0.374 e. The second-order valence-electron chi connectivity index (χ2n) is 5.36. The zero-order valence-corrected chi connectivity index (χ0v) is 14.5. The lowest BCUT2D eigenvalue weighted by atomic mass is 10.0.